The monoisotopic (exact) mass is 282 g/mol. The fourth-order valence-electron chi connectivity index (χ4n) is 2.41. The van der Waals surface area contributed by atoms with Gasteiger partial charge in [-0.15, -0.1) is 0 Å². The van der Waals surface area contributed by atoms with Crippen LogP contribution >= 0.6 is 0 Å². The highest BCUT2D eigenvalue weighted by atomic mass is 16.6. The lowest BCUT2D eigenvalue weighted by Gasteiger charge is -2.05. The second kappa shape index (κ2) is 4.75. The maximum Gasteiger partial charge on any atom is 0.342 e. The van der Waals surface area contributed by atoms with Crippen LogP contribution in [0.4, 0.5) is 5.69 Å². The first kappa shape index (κ1) is 12.9. The van der Waals surface area contributed by atoms with Crippen molar-refractivity contribution in [2.75, 3.05) is 0 Å². The van der Waals surface area contributed by atoms with E-state index in [0.717, 1.165) is 5.52 Å². The van der Waals surface area contributed by atoms with Crippen LogP contribution < -0.4 is 0 Å². The molecule has 3 aromatic rings. The predicted octanol–water partition coefficient (Wildman–Crippen LogP) is 3.21. The Balaban J connectivity index is 2.35. The minimum absolute atomic E-state index is 0.300. The zero-order valence-electron chi connectivity index (χ0n) is 10.8. The van der Waals surface area contributed by atoms with Gasteiger partial charge >= 0.3 is 5.97 Å². The minimum Gasteiger partial charge on any atom is -0.477 e. The summed E-state index contributed by atoms with van der Waals surface area (Å²) in [6, 6.07) is 11.5. The molecular weight excluding hydrogens is 272 g/mol. The molecule has 0 aliphatic heterocycles. The normalized spacial score (nSPS) is 10.7. The van der Waals surface area contributed by atoms with Gasteiger partial charge in [-0.2, -0.15) is 0 Å². The van der Waals surface area contributed by atoms with Gasteiger partial charge in [0.2, 0.25) is 0 Å². The number of aromatic nitrogens is 1. The van der Waals surface area contributed by atoms with Crippen molar-refractivity contribution in [3.05, 3.63) is 70.5 Å². The molecule has 0 bridgehead atoms. The average molecular weight is 282 g/mol. The molecule has 104 valence electrons. The summed E-state index contributed by atoms with van der Waals surface area (Å²) < 4.78 is 1.83. The molecule has 0 fully saturated rings. The number of hydrogen-bond donors (Lipinski definition) is 1. The lowest BCUT2D eigenvalue weighted by atomic mass is 10.0. The number of rotatable bonds is 3. The van der Waals surface area contributed by atoms with E-state index in [2.05, 4.69) is 0 Å². The van der Waals surface area contributed by atoms with Crippen LogP contribution in [0.5, 0.6) is 0 Å². The number of nitrogens with zero attached hydrogens (tertiary/aromatic N) is 2. The summed E-state index contributed by atoms with van der Waals surface area (Å²) in [6.45, 7) is 0. The van der Waals surface area contributed by atoms with Gasteiger partial charge in [-0.1, -0.05) is 12.1 Å². The number of aromatic carboxylic acids is 1. The smallest absolute Gasteiger partial charge is 0.342 e. The van der Waals surface area contributed by atoms with Gasteiger partial charge in [-0.25, -0.2) is 4.79 Å². The number of carboxylic acids is 1. The molecule has 0 amide bonds. The van der Waals surface area contributed by atoms with E-state index >= 15 is 0 Å². The van der Waals surface area contributed by atoms with E-state index in [1.807, 2.05) is 28.8 Å². The van der Waals surface area contributed by atoms with Crippen LogP contribution in [0.2, 0.25) is 0 Å². The van der Waals surface area contributed by atoms with Crippen molar-refractivity contribution in [3.8, 4) is 11.1 Å². The zero-order valence-corrected chi connectivity index (χ0v) is 10.8. The van der Waals surface area contributed by atoms with Crippen molar-refractivity contribution >= 4 is 17.2 Å². The van der Waals surface area contributed by atoms with Gasteiger partial charge in [-0.05, 0) is 30.3 Å². The van der Waals surface area contributed by atoms with Crippen molar-refractivity contribution in [1.29, 1.82) is 0 Å². The molecule has 0 unspecified atom stereocenters. The fraction of sp³-hybridized carbons (Fsp3) is 0. The zero-order chi connectivity index (χ0) is 15.0. The van der Waals surface area contributed by atoms with E-state index in [1.54, 1.807) is 18.3 Å². The number of carbonyl (C=O) groups is 1. The summed E-state index contributed by atoms with van der Waals surface area (Å²) in [7, 11) is 0. The van der Waals surface area contributed by atoms with Crippen molar-refractivity contribution in [3.63, 3.8) is 0 Å². The lowest BCUT2D eigenvalue weighted by molar-refractivity contribution is -0.384. The van der Waals surface area contributed by atoms with Crippen LogP contribution in [-0.2, 0) is 0 Å². The van der Waals surface area contributed by atoms with E-state index in [1.165, 1.54) is 12.1 Å². The molecule has 6 heteroatoms. The molecule has 1 N–H and O–H groups in total. The Labute approximate surface area is 119 Å². The number of carboxylic acid groups (broad SMARTS) is 1. The van der Waals surface area contributed by atoms with Gasteiger partial charge in [-0.3, -0.25) is 10.1 Å². The van der Waals surface area contributed by atoms with Crippen LogP contribution in [0.3, 0.4) is 0 Å². The number of nitro benzene ring substituents is 1. The average Bonchev–Trinajstić information content (AvgIpc) is 2.90. The molecule has 0 spiro atoms. The highest BCUT2D eigenvalue weighted by molar-refractivity contribution is 5.98. The van der Waals surface area contributed by atoms with E-state index in [0.29, 0.717) is 11.1 Å². The minimum atomic E-state index is -1.31. The number of pyridine rings is 1. The lowest BCUT2D eigenvalue weighted by Crippen LogP contribution is -2.04. The number of para-hydroxylation sites is 1. The highest BCUT2D eigenvalue weighted by Gasteiger charge is 2.25. The molecular formula is C15H10N2O4. The van der Waals surface area contributed by atoms with Crippen LogP contribution in [0.15, 0.2) is 54.9 Å². The molecule has 0 saturated heterocycles. The number of hydrogen-bond acceptors (Lipinski definition) is 3. The third-order valence-electron chi connectivity index (χ3n) is 3.31. The number of nitro groups is 1. The van der Waals surface area contributed by atoms with Crippen molar-refractivity contribution in [2.24, 2.45) is 0 Å². The van der Waals surface area contributed by atoms with Crippen molar-refractivity contribution in [2.45, 2.75) is 0 Å². The van der Waals surface area contributed by atoms with Crippen LogP contribution in [-0.4, -0.2) is 20.4 Å². The maximum atomic E-state index is 11.3. The molecule has 0 aliphatic rings. The largest absolute Gasteiger partial charge is 0.477 e. The summed E-state index contributed by atoms with van der Waals surface area (Å²) >= 11 is 0. The Hall–Kier alpha value is -3.15. The van der Waals surface area contributed by atoms with E-state index in [4.69, 9.17) is 5.11 Å². The quantitative estimate of drug-likeness (QED) is 0.590. The van der Waals surface area contributed by atoms with Gasteiger partial charge in [0, 0.05) is 18.0 Å². The van der Waals surface area contributed by atoms with E-state index in [-0.39, 0.29) is 11.3 Å². The molecule has 1 aromatic carbocycles. The molecule has 0 aliphatic carbocycles. The molecule has 0 atom stereocenters. The molecule has 21 heavy (non-hydrogen) atoms. The van der Waals surface area contributed by atoms with Gasteiger partial charge in [0.05, 0.1) is 16.0 Å². The van der Waals surface area contributed by atoms with E-state index in [9.17, 15) is 14.9 Å². The van der Waals surface area contributed by atoms with Gasteiger partial charge in [0.25, 0.3) is 5.69 Å². The van der Waals surface area contributed by atoms with Crippen LogP contribution in [0.1, 0.15) is 10.4 Å². The summed E-state index contributed by atoms with van der Waals surface area (Å²) in [6.07, 6.45) is 3.60. The third kappa shape index (κ3) is 2.02. The van der Waals surface area contributed by atoms with Crippen molar-refractivity contribution < 1.29 is 14.8 Å². The predicted molar refractivity (Wildman–Crippen MR) is 76.4 cm³/mol. The Morgan fingerprint density at radius 1 is 1.05 bits per heavy atom. The topological polar surface area (TPSA) is 84.8 Å². The summed E-state index contributed by atoms with van der Waals surface area (Å²) in [4.78, 5) is 21.9. The first-order chi connectivity index (χ1) is 10.1. The molecule has 2 aromatic heterocycles. The van der Waals surface area contributed by atoms with E-state index < -0.39 is 10.9 Å². The second-order valence-electron chi connectivity index (χ2n) is 4.49. The second-order valence-corrected chi connectivity index (χ2v) is 4.49. The summed E-state index contributed by atoms with van der Waals surface area (Å²) in [5, 5.41) is 20.5. The van der Waals surface area contributed by atoms with Crippen molar-refractivity contribution in [1.82, 2.24) is 4.40 Å². The third-order valence-corrected chi connectivity index (χ3v) is 3.31. The molecule has 0 radical (unpaired) electrons. The number of benzene rings is 1. The highest BCUT2D eigenvalue weighted by Crippen LogP contribution is 2.35. The van der Waals surface area contributed by atoms with Gasteiger partial charge in [0.1, 0.15) is 5.56 Å². The Morgan fingerprint density at radius 3 is 2.57 bits per heavy atom. The van der Waals surface area contributed by atoms with Crippen LogP contribution in [0, 0.1) is 10.1 Å². The molecule has 6 nitrogen and oxygen atoms in total. The molecule has 0 saturated carbocycles. The Bertz CT molecular complexity index is 867. The summed E-state index contributed by atoms with van der Waals surface area (Å²) in [5.74, 6) is -1.31. The first-order valence-corrected chi connectivity index (χ1v) is 6.16. The summed E-state index contributed by atoms with van der Waals surface area (Å²) in [5.41, 5.74) is 1.01. The molecule has 2 heterocycles. The number of fused-ring (bicyclic) bond motifs is 1. The SMILES string of the molecule is O=C(O)c1cccc(-c2ccn3ccccc23)c1[N+](=O)[O-]. The van der Waals surface area contributed by atoms with Crippen LogP contribution in [0.25, 0.3) is 16.6 Å². The fourth-order valence-corrected chi connectivity index (χ4v) is 2.41. The molecule has 3 rings (SSSR count). The standard InChI is InChI=1S/C15H10N2O4/c18-15(19)12-5-3-4-11(14(12)17(20)21)10-7-9-16-8-2-1-6-13(10)16/h1-9H,(H,18,19). The van der Waals surface area contributed by atoms with Gasteiger partial charge in [0.15, 0.2) is 0 Å². The maximum absolute atomic E-state index is 11.3. The van der Waals surface area contributed by atoms with Gasteiger partial charge < -0.3 is 9.51 Å². The Morgan fingerprint density at radius 2 is 1.86 bits per heavy atom. The Kier molecular flexibility index (Phi) is 2.91. The first-order valence-electron chi connectivity index (χ1n) is 6.16.